The van der Waals surface area contributed by atoms with Crippen LogP contribution in [0.4, 0.5) is 0 Å². The Kier molecular flexibility index (Phi) is 4.20. The molecule has 0 aliphatic heterocycles. The van der Waals surface area contributed by atoms with E-state index in [9.17, 15) is 0 Å². The molecule has 5 heteroatoms. The average Bonchev–Trinajstić information content (AvgIpc) is 2.27. The largest absolute Gasteiger partial charge is 0.493 e. The van der Waals surface area contributed by atoms with Crippen LogP contribution in [0.25, 0.3) is 0 Å². The molecule has 1 aromatic rings. The Morgan fingerprint density at radius 2 is 2.07 bits per heavy atom. The molecule has 0 saturated heterocycles. The number of hydrogen-bond donors (Lipinski definition) is 2. The third-order valence-corrected chi connectivity index (χ3v) is 2.50. The number of ether oxygens (including phenoxy) is 2. The van der Waals surface area contributed by atoms with Gasteiger partial charge >= 0.3 is 0 Å². The summed E-state index contributed by atoms with van der Waals surface area (Å²) in [7, 11) is 3.03. The van der Waals surface area contributed by atoms with Gasteiger partial charge in [-0.2, -0.15) is 0 Å². The number of aliphatic hydroxyl groups excluding tert-OH is 1. The van der Waals surface area contributed by atoms with E-state index in [2.05, 4.69) is 0 Å². The molecule has 0 amide bonds. The van der Waals surface area contributed by atoms with Crippen LogP contribution in [0.15, 0.2) is 12.1 Å². The van der Waals surface area contributed by atoms with Gasteiger partial charge in [-0.25, -0.2) is 0 Å². The second-order valence-corrected chi connectivity index (χ2v) is 3.37. The van der Waals surface area contributed by atoms with Crippen LogP contribution < -0.4 is 15.2 Å². The van der Waals surface area contributed by atoms with Crippen molar-refractivity contribution in [2.24, 2.45) is 5.73 Å². The van der Waals surface area contributed by atoms with E-state index >= 15 is 0 Å². The molecule has 1 rings (SSSR count). The molecular weight excluding hydrogens is 218 g/mol. The minimum Gasteiger partial charge on any atom is -0.493 e. The Hall–Kier alpha value is -0.970. The summed E-state index contributed by atoms with van der Waals surface area (Å²) in [4.78, 5) is 0. The van der Waals surface area contributed by atoms with Gasteiger partial charge in [-0.1, -0.05) is 17.7 Å². The molecule has 84 valence electrons. The molecule has 0 radical (unpaired) electrons. The number of rotatable bonds is 4. The third kappa shape index (κ3) is 2.34. The van der Waals surface area contributed by atoms with Crippen LogP contribution in [0.1, 0.15) is 11.6 Å². The van der Waals surface area contributed by atoms with Gasteiger partial charge in [-0.15, -0.1) is 0 Å². The Morgan fingerprint density at radius 1 is 1.40 bits per heavy atom. The van der Waals surface area contributed by atoms with Gasteiger partial charge in [-0.3, -0.25) is 0 Å². The monoisotopic (exact) mass is 231 g/mol. The molecule has 4 nitrogen and oxygen atoms in total. The fraction of sp³-hybridized carbons (Fsp3) is 0.400. The molecule has 0 unspecified atom stereocenters. The van der Waals surface area contributed by atoms with E-state index < -0.39 is 6.04 Å². The van der Waals surface area contributed by atoms with E-state index in [-0.39, 0.29) is 6.61 Å². The molecule has 0 spiro atoms. The summed E-state index contributed by atoms with van der Waals surface area (Å²) in [6.07, 6.45) is 0. The Labute approximate surface area is 93.6 Å². The van der Waals surface area contributed by atoms with Crippen LogP contribution in [0.2, 0.25) is 5.02 Å². The van der Waals surface area contributed by atoms with Gasteiger partial charge in [0, 0.05) is 0 Å². The predicted octanol–water partition coefficient (Wildman–Crippen LogP) is 1.35. The highest BCUT2D eigenvalue weighted by Crippen LogP contribution is 2.38. The lowest BCUT2D eigenvalue weighted by Gasteiger charge is -2.15. The molecule has 0 aromatic heterocycles. The molecule has 0 bridgehead atoms. The zero-order chi connectivity index (χ0) is 11.4. The van der Waals surface area contributed by atoms with E-state index in [4.69, 9.17) is 31.9 Å². The highest BCUT2D eigenvalue weighted by atomic mass is 35.5. The minimum atomic E-state index is -0.516. The lowest BCUT2D eigenvalue weighted by Crippen LogP contribution is -2.15. The summed E-state index contributed by atoms with van der Waals surface area (Å²) in [5.41, 5.74) is 6.32. The maximum absolute atomic E-state index is 8.95. The van der Waals surface area contributed by atoms with Crippen LogP contribution in [0.5, 0.6) is 11.5 Å². The number of methoxy groups -OCH3 is 2. The standard InChI is InChI=1S/C10H14ClNO3/c1-14-8-4-3-6(7(12)5-13)9(11)10(8)15-2/h3-4,7,13H,5,12H2,1-2H3/t7-/m0/s1. The smallest absolute Gasteiger partial charge is 0.179 e. The molecule has 0 heterocycles. The summed E-state index contributed by atoms with van der Waals surface area (Å²) in [6.45, 7) is -0.171. The molecular formula is C10H14ClNO3. The maximum Gasteiger partial charge on any atom is 0.179 e. The summed E-state index contributed by atoms with van der Waals surface area (Å²) in [5, 5.41) is 9.32. The molecule has 1 atom stereocenters. The number of aliphatic hydroxyl groups is 1. The first-order valence-corrected chi connectivity index (χ1v) is 4.80. The lowest BCUT2D eigenvalue weighted by atomic mass is 10.1. The van der Waals surface area contributed by atoms with Crippen molar-refractivity contribution >= 4 is 11.6 Å². The number of nitrogens with two attached hydrogens (primary N) is 1. The Morgan fingerprint density at radius 3 is 2.53 bits per heavy atom. The minimum absolute atomic E-state index is 0.171. The van der Waals surface area contributed by atoms with Gasteiger partial charge in [-0.05, 0) is 11.6 Å². The fourth-order valence-electron chi connectivity index (χ4n) is 1.29. The first-order chi connectivity index (χ1) is 7.15. The second kappa shape index (κ2) is 5.21. The molecule has 0 aliphatic rings. The SMILES string of the molecule is COc1ccc([C@@H](N)CO)c(Cl)c1OC. The summed E-state index contributed by atoms with van der Waals surface area (Å²) in [5.74, 6) is 0.969. The lowest BCUT2D eigenvalue weighted by molar-refractivity contribution is 0.267. The zero-order valence-electron chi connectivity index (χ0n) is 8.66. The van der Waals surface area contributed by atoms with Gasteiger partial charge in [0.05, 0.1) is 31.9 Å². The van der Waals surface area contributed by atoms with Crippen LogP contribution in [-0.2, 0) is 0 Å². The van der Waals surface area contributed by atoms with Gasteiger partial charge in [0.15, 0.2) is 11.5 Å². The van der Waals surface area contributed by atoms with Crippen LogP contribution in [0.3, 0.4) is 0 Å². The first-order valence-electron chi connectivity index (χ1n) is 4.42. The van der Waals surface area contributed by atoms with E-state index in [1.54, 1.807) is 12.1 Å². The quantitative estimate of drug-likeness (QED) is 0.821. The molecule has 15 heavy (non-hydrogen) atoms. The molecule has 0 aliphatic carbocycles. The van der Waals surface area contributed by atoms with Crippen molar-refractivity contribution in [3.8, 4) is 11.5 Å². The van der Waals surface area contributed by atoms with Crippen molar-refractivity contribution in [1.82, 2.24) is 0 Å². The van der Waals surface area contributed by atoms with E-state index in [1.165, 1.54) is 14.2 Å². The van der Waals surface area contributed by atoms with Crippen LogP contribution in [-0.4, -0.2) is 25.9 Å². The summed E-state index contributed by atoms with van der Waals surface area (Å²) in [6, 6.07) is 2.90. The molecule has 1 aromatic carbocycles. The predicted molar refractivity (Wildman–Crippen MR) is 58.6 cm³/mol. The van der Waals surface area contributed by atoms with Crippen LogP contribution in [0, 0.1) is 0 Å². The highest BCUT2D eigenvalue weighted by Gasteiger charge is 2.16. The van der Waals surface area contributed by atoms with Gasteiger partial charge in [0.25, 0.3) is 0 Å². The van der Waals surface area contributed by atoms with Crippen LogP contribution >= 0.6 is 11.6 Å². The Bertz CT molecular complexity index is 344. The number of halogens is 1. The van der Waals surface area contributed by atoms with Gasteiger partial charge in [0.2, 0.25) is 0 Å². The van der Waals surface area contributed by atoms with Gasteiger partial charge in [0.1, 0.15) is 0 Å². The third-order valence-electron chi connectivity index (χ3n) is 2.11. The zero-order valence-corrected chi connectivity index (χ0v) is 9.41. The summed E-state index contributed by atoms with van der Waals surface area (Å²) >= 11 is 6.07. The highest BCUT2D eigenvalue weighted by molar-refractivity contribution is 6.33. The number of hydrogen-bond acceptors (Lipinski definition) is 4. The van der Waals surface area contributed by atoms with Crippen molar-refractivity contribution in [3.63, 3.8) is 0 Å². The molecule has 3 N–H and O–H groups in total. The average molecular weight is 232 g/mol. The maximum atomic E-state index is 8.95. The molecule has 0 fully saturated rings. The van der Waals surface area contributed by atoms with Crippen molar-refractivity contribution in [1.29, 1.82) is 0 Å². The Balaban J connectivity index is 3.22. The number of benzene rings is 1. The van der Waals surface area contributed by atoms with E-state index in [0.29, 0.717) is 22.1 Å². The normalized spacial score (nSPS) is 12.3. The van der Waals surface area contributed by atoms with Crippen molar-refractivity contribution < 1.29 is 14.6 Å². The summed E-state index contributed by atoms with van der Waals surface area (Å²) < 4.78 is 10.2. The second-order valence-electron chi connectivity index (χ2n) is 2.99. The van der Waals surface area contributed by atoms with Crippen molar-refractivity contribution in [3.05, 3.63) is 22.7 Å². The van der Waals surface area contributed by atoms with Crippen molar-refractivity contribution in [2.75, 3.05) is 20.8 Å². The van der Waals surface area contributed by atoms with Crippen molar-refractivity contribution in [2.45, 2.75) is 6.04 Å². The van der Waals surface area contributed by atoms with E-state index in [0.717, 1.165) is 0 Å². The van der Waals surface area contributed by atoms with Gasteiger partial charge < -0.3 is 20.3 Å². The first kappa shape index (κ1) is 12.1. The topological polar surface area (TPSA) is 64.7 Å². The molecule has 0 saturated carbocycles. The van der Waals surface area contributed by atoms with E-state index in [1.807, 2.05) is 0 Å². The fourth-order valence-corrected chi connectivity index (χ4v) is 1.66.